The van der Waals surface area contributed by atoms with Crippen LogP contribution >= 0.6 is 11.3 Å². The summed E-state index contributed by atoms with van der Waals surface area (Å²) in [5.74, 6) is 2.04. The fourth-order valence-corrected chi connectivity index (χ4v) is 3.33. The molecule has 27 heavy (non-hydrogen) atoms. The Morgan fingerprint density at radius 2 is 1.93 bits per heavy atom. The quantitative estimate of drug-likeness (QED) is 0.643. The molecular weight excluding hydrogens is 364 g/mol. The minimum Gasteiger partial charge on any atom is -0.497 e. The minimum absolute atomic E-state index is 0.255. The molecular formula is C20H22N2O4S. The van der Waals surface area contributed by atoms with Gasteiger partial charge in [0.1, 0.15) is 5.75 Å². The molecule has 0 bridgehead atoms. The summed E-state index contributed by atoms with van der Waals surface area (Å²) in [4.78, 5) is 17.0. The molecule has 0 unspecified atom stereocenters. The van der Waals surface area contributed by atoms with Crippen molar-refractivity contribution in [3.63, 3.8) is 0 Å². The van der Waals surface area contributed by atoms with E-state index in [1.54, 1.807) is 32.4 Å². The zero-order chi connectivity index (χ0) is 19.4. The topological polar surface area (TPSA) is 69.7 Å². The van der Waals surface area contributed by atoms with E-state index in [0.29, 0.717) is 34.7 Å². The highest BCUT2D eigenvalue weighted by Crippen LogP contribution is 2.31. The number of carbonyl (C=O) groups excluding carboxylic acids is 1. The molecule has 0 saturated carbocycles. The molecule has 7 heteroatoms. The van der Waals surface area contributed by atoms with Crippen LogP contribution in [0.3, 0.4) is 0 Å². The zero-order valence-corrected chi connectivity index (χ0v) is 16.6. The minimum atomic E-state index is -0.255. The molecule has 2 aromatic carbocycles. The fraction of sp³-hybridized carbons (Fsp3) is 0.300. The molecule has 0 fully saturated rings. The van der Waals surface area contributed by atoms with Crippen molar-refractivity contribution in [2.45, 2.75) is 13.8 Å². The third-order valence-corrected chi connectivity index (χ3v) is 4.75. The Morgan fingerprint density at radius 3 is 2.63 bits per heavy atom. The molecule has 3 aromatic rings. The largest absolute Gasteiger partial charge is 0.497 e. The highest BCUT2D eigenvalue weighted by Gasteiger charge is 2.14. The molecule has 1 amide bonds. The number of anilines is 1. The molecule has 142 valence electrons. The van der Waals surface area contributed by atoms with Gasteiger partial charge in [-0.05, 0) is 42.3 Å². The van der Waals surface area contributed by atoms with Crippen molar-refractivity contribution < 1.29 is 19.0 Å². The van der Waals surface area contributed by atoms with Crippen LogP contribution in [0.1, 0.15) is 24.2 Å². The third kappa shape index (κ3) is 4.49. The van der Waals surface area contributed by atoms with Gasteiger partial charge >= 0.3 is 0 Å². The second-order valence-corrected chi connectivity index (χ2v) is 7.41. The molecule has 6 nitrogen and oxygen atoms in total. The van der Waals surface area contributed by atoms with Gasteiger partial charge in [0.15, 0.2) is 16.6 Å². The van der Waals surface area contributed by atoms with Crippen molar-refractivity contribution in [3.8, 4) is 17.2 Å². The van der Waals surface area contributed by atoms with Gasteiger partial charge in [-0.25, -0.2) is 4.98 Å². The number of hydrogen-bond donors (Lipinski definition) is 1. The number of carbonyl (C=O) groups is 1. The van der Waals surface area contributed by atoms with E-state index in [2.05, 4.69) is 24.1 Å². The molecule has 0 radical (unpaired) electrons. The lowest BCUT2D eigenvalue weighted by Crippen LogP contribution is -2.12. The molecule has 1 heterocycles. The number of hydrogen-bond acceptors (Lipinski definition) is 6. The summed E-state index contributed by atoms with van der Waals surface area (Å²) in [7, 11) is 3.17. The van der Waals surface area contributed by atoms with E-state index in [1.807, 2.05) is 18.2 Å². The average molecular weight is 386 g/mol. The first-order valence-electron chi connectivity index (χ1n) is 8.57. The lowest BCUT2D eigenvalue weighted by molar-refractivity contribution is 0.102. The van der Waals surface area contributed by atoms with Crippen LogP contribution in [-0.4, -0.2) is 31.7 Å². The van der Waals surface area contributed by atoms with E-state index in [4.69, 9.17) is 14.2 Å². The Balaban J connectivity index is 1.77. The summed E-state index contributed by atoms with van der Waals surface area (Å²) in [6, 6.07) is 10.7. The summed E-state index contributed by atoms with van der Waals surface area (Å²) in [6.45, 7) is 4.72. The van der Waals surface area contributed by atoms with Crippen LogP contribution in [0.25, 0.3) is 10.2 Å². The van der Waals surface area contributed by atoms with Crippen LogP contribution in [0.2, 0.25) is 0 Å². The van der Waals surface area contributed by atoms with Crippen molar-refractivity contribution in [2.75, 3.05) is 26.1 Å². The highest BCUT2D eigenvalue weighted by molar-refractivity contribution is 7.22. The van der Waals surface area contributed by atoms with Gasteiger partial charge in [-0.2, -0.15) is 0 Å². The molecule has 0 saturated heterocycles. The first-order valence-corrected chi connectivity index (χ1v) is 9.38. The first-order chi connectivity index (χ1) is 13.0. The fourth-order valence-electron chi connectivity index (χ4n) is 2.44. The summed E-state index contributed by atoms with van der Waals surface area (Å²) in [5, 5.41) is 3.37. The van der Waals surface area contributed by atoms with E-state index >= 15 is 0 Å². The average Bonchev–Trinajstić information content (AvgIpc) is 3.07. The standard InChI is InChI=1S/C20H22N2O4S/c1-12(2)11-26-16-8-5-13(9-17(16)25-4)19(23)22-20-21-15-7-6-14(24-3)10-18(15)27-20/h5-10,12H,11H2,1-4H3,(H,21,22,23). The monoisotopic (exact) mass is 386 g/mol. The summed E-state index contributed by atoms with van der Waals surface area (Å²) >= 11 is 1.40. The van der Waals surface area contributed by atoms with E-state index in [9.17, 15) is 4.79 Å². The molecule has 0 aliphatic carbocycles. The van der Waals surface area contributed by atoms with Crippen molar-refractivity contribution in [1.82, 2.24) is 4.98 Å². The van der Waals surface area contributed by atoms with Gasteiger partial charge in [0, 0.05) is 5.56 Å². The van der Waals surface area contributed by atoms with Gasteiger partial charge < -0.3 is 14.2 Å². The SMILES string of the molecule is COc1ccc2nc(NC(=O)c3ccc(OCC(C)C)c(OC)c3)sc2c1. The van der Waals surface area contributed by atoms with Gasteiger partial charge in [0.05, 0.1) is 31.0 Å². The molecule has 1 N–H and O–H groups in total. The smallest absolute Gasteiger partial charge is 0.257 e. The highest BCUT2D eigenvalue weighted by atomic mass is 32.1. The number of amides is 1. The van der Waals surface area contributed by atoms with Crippen LogP contribution in [0.4, 0.5) is 5.13 Å². The van der Waals surface area contributed by atoms with Crippen LogP contribution in [-0.2, 0) is 0 Å². The maximum Gasteiger partial charge on any atom is 0.257 e. The Hall–Kier alpha value is -2.80. The first kappa shape index (κ1) is 19.0. The van der Waals surface area contributed by atoms with Crippen molar-refractivity contribution in [2.24, 2.45) is 5.92 Å². The molecule has 1 aromatic heterocycles. The van der Waals surface area contributed by atoms with Crippen molar-refractivity contribution in [1.29, 1.82) is 0 Å². The maximum absolute atomic E-state index is 12.6. The van der Waals surface area contributed by atoms with Crippen LogP contribution in [0.15, 0.2) is 36.4 Å². The van der Waals surface area contributed by atoms with Gasteiger partial charge in [0.2, 0.25) is 0 Å². The number of methoxy groups -OCH3 is 2. The number of nitrogens with zero attached hydrogens (tertiary/aromatic N) is 1. The number of ether oxygens (including phenoxy) is 3. The molecule has 0 atom stereocenters. The number of fused-ring (bicyclic) bond motifs is 1. The normalized spacial score (nSPS) is 10.9. The zero-order valence-electron chi connectivity index (χ0n) is 15.7. The summed E-state index contributed by atoms with van der Waals surface area (Å²) in [6.07, 6.45) is 0. The van der Waals surface area contributed by atoms with Crippen LogP contribution in [0.5, 0.6) is 17.2 Å². The van der Waals surface area contributed by atoms with Gasteiger partial charge in [0.25, 0.3) is 5.91 Å². The third-order valence-electron chi connectivity index (χ3n) is 3.81. The number of benzene rings is 2. The maximum atomic E-state index is 12.6. The Morgan fingerprint density at radius 1 is 1.11 bits per heavy atom. The Bertz CT molecular complexity index is 952. The molecule has 0 aliphatic heterocycles. The number of thiazole rings is 1. The Kier molecular flexibility index (Phi) is 5.81. The second kappa shape index (κ2) is 8.26. The van der Waals surface area contributed by atoms with Gasteiger partial charge in [-0.15, -0.1) is 0 Å². The predicted molar refractivity (Wildman–Crippen MR) is 107 cm³/mol. The van der Waals surface area contributed by atoms with Crippen molar-refractivity contribution >= 4 is 32.6 Å². The summed E-state index contributed by atoms with van der Waals surface area (Å²) in [5.41, 5.74) is 1.28. The van der Waals surface area contributed by atoms with Crippen molar-refractivity contribution in [3.05, 3.63) is 42.0 Å². The second-order valence-electron chi connectivity index (χ2n) is 6.38. The molecule has 0 spiro atoms. The lowest BCUT2D eigenvalue weighted by atomic mass is 10.2. The predicted octanol–water partition coefficient (Wildman–Crippen LogP) is 4.60. The van der Waals surface area contributed by atoms with E-state index in [1.165, 1.54) is 11.3 Å². The van der Waals surface area contributed by atoms with E-state index in [-0.39, 0.29) is 5.91 Å². The van der Waals surface area contributed by atoms with E-state index < -0.39 is 0 Å². The lowest BCUT2D eigenvalue weighted by Gasteiger charge is -2.13. The van der Waals surface area contributed by atoms with Crippen LogP contribution < -0.4 is 19.5 Å². The Labute approximate surface area is 162 Å². The van der Waals surface area contributed by atoms with Gasteiger partial charge in [-0.1, -0.05) is 25.2 Å². The number of nitrogens with one attached hydrogen (secondary N) is 1. The summed E-state index contributed by atoms with van der Waals surface area (Å²) < 4.78 is 17.2. The molecule has 3 rings (SSSR count). The number of rotatable bonds is 7. The molecule has 0 aliphatic rings. The van der Waals surface area contributed by atoms with E-state index in [0.717, 1.165) is 16.0 Å². The number of aromatic nitrogens is 1. The van der Waals surface area contributed by atoms with Gasteiger partial charge in [-0.3, -0.25) is 10.1 Å². The van der Waals surface area contributed by atoms with Crippen LogP contribution in [0, 0.1) is 5.92 Å².